The fourth-order valence-corrected chi connectivity index (χ4v) is 1.46. The lowest BCUT2D eigenvalue weighted by Gasteiger charge is -2.21. The Morgan fingerprint density at radius 2 is 2.25 bits per heavy atom. The molecule has 0 amide bonds. The zero-order valence-electron chi connectivity index (χ0n) is 10.3. The molecule has 4 nitrogen and oxygen atoms in total. The van der Waals surface area contributed by atoms with Crippen LogP contribution in [0.4, 0.5) is 5.82 Å². The van der Waals surface area contributed by atoms with Crippen LogP contribution < -0.4 is 10.6 Å². The largest absolute Gasteiger partial charge is 0.377 e. The highest BCUT2D eigenvalue weighted by Gasteiger charge is 2.07. The fraction of sp³-hybridized carbons (Fsp3) is 0.583. The molecule has 1 rings (SSSR count). The third-order valence-electron chi connectivity index (χ3n) is 2.33. The molecule has 0 aliphatic carbocycles. The van der Waals surface area contributed by atoms with Crippen LogP contribution in [0.5, 0.6) is 0 Å². The maximum atomic E-state index is 5.67. The van der Waals surface area contributed by atoms with E-state index in [1.54, 1.807) is 6.20 Å². The van der Waals surface area contributed by atoms with Gasteiger partial charge in [-0.2, -0.15) is 0 Å². The summed E-state index contributed by atoms with van der Waals surface area (Å²) in [6.45, 7) is 6.10. The predicted molar refractivity (Wildman–Crippen MR) is 66.5 cm³/mol. The summed E-state index contributed by atoms with van der Waals surface area (Å²) in [6.07, 6.45) is 2.06. The molecule has 0 radical (unpaired) electrons. The standard InChI is InChI=1S/C12H21N3O/c1-10(2)16-8-7-15(3)12-11(9-13)5-4-6-14-12/h4-6,10H,7-9,13H2,1-3H3. The summed E-state index contributed by atoms with van der Waals surface area (Å²) in [5.41, 5.74) is 6.73. The molecular weight excluding hydrogens is 202 g/mol. The number of nitrogens with two attached hydrogens (primary N) is 1. The smallest absolute Gasteiger partial charge is 0.132 e. The summed E-state index contributed by atoms with van der Waals surface area (Å²) in [5.74, 6) is 0.942. The lowest BCUT2D eigenvalue weighted by atomic mass is 10.2. The molecule has 0 saturated heterocycles. The molecule has 0 spiro atoms. The van der Waals surface area contributed by atoms with Gasteiger partial charge in [0.25, 0.3) is 0 Å². The number of rotatable bonds is 6. The highest BCUT2D eigenvalue weighted by atomic mass is 16.5. The number of ether oxygens (including phenoxy) is 1. The molecule has 0 atom stereocenters. The van der Waals surface area contributed by atoms with E-state index in [1.807, 2.05) is 33.0 Å². The van der Waals surface area contributed by atoms with Crippen LogP contribution in [0.1, 0.15) is 19.4 Å². The Morgan fingerprint density at radius 1 is 1.50 bits per heavy atom. The maximum absolute atomic E-state index is 5.67. The highest BCUT2D eigenvalue weighted by Crippen LogP contribution is 2.14. The van der Waals surface area contributed by atoms with Crippen molar-refractivity contribution in [3.63, 3.8) is 0 Å². The molecule has 0 bridgehead atoms. The summed E-state index contributed by atoms with van der Waals surface area (Å²) in [6, 6.07) is 3.91. The topological polar surface area (TPSA) is 51.4 Å². The Kier molecular flexibility index (Phi) is 5.22. The van der Waals surface area contributed by atoms with Crippen LogP contribution in [0.25, 0.3) is 0 Å². The van der Waals surface area contributed by atoms with Gasteiger partial charge >= 0.3 is 0 Å². The molecular formula is C12H21N3O. The summed E-state index contributed by atoms with van der Waals surface area (Å²) >= 11 is 0. The van der Waals surface area contributed by atoms with E-state index < -0.39 is 0 Å². The molecule has 1 aromatic rings. The second kappa shape index (κ2) is 6.45. The Hall–Kier alpha value is -1.13. The lowest BCUT2D eigenvalue weighted by Crippen LogP contribution is -2.26. The van der Waals surface area contributed by atoms with Crippen LogP contribution in [-0.4, -0.2) is 31.3 Å². The lowest BCUT2D eigenvalue weighted by molar-refractivity contribution is 0.0845. The van der Waals surface area contributed by atoms with Crippen molar-refractivity contribution >= 4 is 5.82 Å². The second-order valence-corrected chi connectivity index (χ2v) is 4.03. The van der Waals surface area contributed by atoms with Gasteiger partial charge in [0.2, 0.25) is 0 Å². The molecule has 4 heteroatoms. The average molecular weight is 223 g/mol. The van der Waals surface area contributed by atoms with E-state index in [0.29, 0.717) is 13.2 Å². The number of aromatic nitrogens is 1. The van der Waals surface area contributed by atoms with E-state index >= 15 is 0 Å². The number of likely N-dealkylation sites (N-methyl/N-ethyl adjacent to an activating group) is 1. The third-order valence-corrected chi connectivity index (χ3v) is 2.33. The summed E-state index contributed by atoms with van der Waals surface area (Å²) < 4.78 is 5.51. The van der Waals surface area contributed by atoms with E-state index in [-0.39, 0.29) is 6.10 Å². The van der Waals surface area contributed by atoms with Crippen molar-refractivity contribution in [1.82, 2.24) is 4.98 Å². The Morgan fingerprint density at radius 3 is 2.88 bits per heavy atom. The number of hydrogen-bond donors (Lipinski definition) is 1. The van der Waals surface area contributed by atoms with Crippen molar-refractivity contribution in [3.8, 4) is 0 Å². The zero-order chi connectivity index (χ0) is 12.0. The number of pyridine rings is 1. The molecule has 16 heavy (non-hydrogen) atoms. The van der Waals surface area contributed by atoms with Crippen molar-refractivity contribution in [2.75, 3.05) is 25.1 Å². The van der Waals surface area contributed by atoms with Crippen molar-refractivity contribution in [2.24, 2.45) is 5.73 Å². The number of nitrogens with zero attached hydrogens (tertiary/aromatic N) is 2. The van der Waals surface area contributed by atoms with Crippen LogP contribution in [0.15, 0.2) is 18.3 Å². The minimum atomic E-state index is 0.270. The molecule has 0 aromatic carbocycles. The Bertz CT molecular complexity index is 315. The molecule has 0 fully saturated rings. The van der Waals surface area contributed by atoms with Gasteiger partial charge in [0.1, 0.15) is 5.82 Å². The van der Waals surface area contributed by atoms with Crippen LogP contribution in [-0.2, 0) is 11.3 Å². The Balaban J connectivity index is 2.55. The number of hydrogen-bond acceptors (Lipinski definition) is 4. The van der Waals surface area contributed by atoms with Gasteiger partial charge in [-0.3, -0.25) is 0 Å². The zero-order valence-corrected chi connectivity index (χ0v) is 10.3. The van der Waals surface area contributed by atoms with E-state index in [1.165, 1.54) is 0 Å². The van der Waals surface area contributed by atoms with Gasteiger partial charge in [-0.15, -0.1) is 0 Å². The van der Waals surface area contributed by atoms with Crippen molar-refractivity contribution in [3.05, 3.63) is 23.9 Å². The van der Waals surface area contributed by atoms with E-state index in [2.05, 4.69) is 9.88 Å². The molecule has 0 aliphatic heterocycles. The normalized spacial score (nSPS) is 10.8. The maximum Gasteiger partial charge on any atom is 0.132 e. The minimum Gasteiger partial charge on any atom is -0.377 e. The van der Waals surface area contributed by atoms with E-state index in [0.717, 1.165) is 17.9 Å². The first-order chi connectivity index (χ1) is 7.65. The first kappa shape index (κ1) is 12.9. The molecule has 0 aliphatic rings. The van der Waals surface area contributed by atoms with Crippen LogP contribution in [0.2, 0.25) is 0 Å². The average Bonchev–Trinajstić information content (AvgIpc) is 2.28. The van der Waals surface area contributed by atoms with Crippen molar-refractivity contribution < 1.29 is 4.74 Å². The van der Waals surface area contributed by atoms with Gasteiger partial charge in [0.05, 0.1) is 12.7 Å². The van der Waals surface area contributed by atoms with Crippen LogP contribution in [0.3, 0.4) is 0 Å². The summed E-state index contributed by atoms with van der Waals surface area (Å²) in [7, 11) is 2.01. The molecule has 90 valence electrons. The molecule has 0 unspecified atom stereocenters. The summed E-state index contributed by atoms with van der Waals surface area (Å²) in [5, 5.41) is 0. The van der Waals surface area contributed by atoms with Gasteiger partial charge in [0.15, 0.2) is 0 Å². The first-order valence-corrected chi connectivity index (χ1v) is 5.62. The van der Waals surface area contributed by atoms with Gasteiger partial charge < -0.3 is 15.4 Å². The van der Waals surface area contributed by atoms with Crippen molar-refractivity contribution in [1.29, 1.82) is 0 Å². The quantitative estimate of drug-likeness (QED) is 0.792. The van der Waals surface area contributed by atoms with Gasteiger partial charge in [-0.05, 0) is 19.9 Å². The monoisotopic (exact) mass is 223 g/mol. The first-order valence-electron chi connectivity index (χ1n) is 5.62. The molecule has 0 saturated carbocycles. The number of anilines is 1. The Labute approximate surface area is 97.4 Å². The minimum absolute atomic E-state index is 0.270. The molecule has 1 heterocycles. The SMILES string of the molecule is CC(C)OCCN(C)c1ncccc1CN. The molecule has 2 N–H and O–H groups in total. The summed E-state index contributed by atoms with van der Waals surface area (Å²) in [4.78, 5) is 6.41. The second-order valence-electron chi connectivity index (χ2n) is 4.03. The predicted octanol–water partition coefficient (Wildman–Crippen LogP) is 1.40. The van der Waals surface area contributed by atoms with Crippen molar-refractivity contribution in [2.45, 2.75) is 26.5 Å². The van der Waals surface area contributed by atoms with Gasteiger partial charge in [-0.25, -0.2) is 4.98 Å². The van der Waals surface area contributed by atoms with E-state index in [4.69, 9.17) is 10.5 Å². The van der Waals surface area contributed by atoms with Gasteiger partial charge in [-0.1, -0.05) is 6.07 Å². The third kappa shape index (κ3) is 3.79. The van der Waals surface area contributed by atoms with Crippen LogP contribution >= 0.6 is 0 Å². The molecule has 1 aromatic heterocycles. The van der Waals surface area contributed by atoms with Crippen LogP contribution in [0, 0.1) is 0 Å². The fourth-order valence-electron chi connectivity index (χ4n) is 1.46. The highest BCUT2D eigenvalue weighted by molar-refractivity contribution is 5.45. The van der Waals surface area contributed by atoms with Gasteiger partial charge in [0, 0.05) is 31.9 Å². The van der Waals surface area contributed by atoms with E-state index in [9.17, 15) is 0 Å².